The van der Waals surface area contributed by atoms with Gasteiger partial charge in [0.15, 0.2) is 0 Å². The van der Waals surface area contributed by atoms with E-state index in [0.29, 0.717) is 11.8 Å². The van der Waals surface area contributed by atoms with E-state index in [1.165, 1.54) is 64.2 Å². The van der Waals surface area contributed by atoms with E-state index in [2.05, 4.69) is 56.9 Å². The second kappa shape index (κ2) is 20.2. The highest BCUT2D eigenvalue weighted by atomic mass is 16.4. The molecule has 0 saturated carbocycles. The zero-order chi connectivity index (χ0) is 21.7. The summed E-state index contributed by atoms with van der Waals surface area (Å²) in [5.74, 6) is 0.552. The monoisotopic (exact) mass is 407 g/mol. The largest absolute Gasteiger partial charge is 0.480 e. The molecule has 1 N–H and O–H groups in total. The quantitative estimate of drug-likeness (QED) is 0.168. The molecule has 29 heavy (non-hydrogen) atoms. The molecule has 0 heterocycles. The van der Waals surface area contributed by atoms with Gasteiger partial charge < -0.3 is 5.11 Å². The van der Waals surface area contributed by atoms with Gasteiger partial charge in [-0.2, -0.15) is 0 Å². The summed E-state index contributed by atoms with van der Waals surface area (Å²) in [6, 6.07) is 0. The molecule has 0 saturated heterocycles. The van der Waals surface area contributed by atoms with E-state index >= 15 is 0 Å². The highest BCUT2D eigenvalue weighted by Gasteiger charge is 2.19. The van der Waals surface area contributed by atoms with E-state index in [-0.39, 0.29) is 6.54 Å². The number of carboxylic acids is 1. The van der Waals surface area contributed by atoms with Crippen LogP contribution in [-0.2, 0) is 4.79 Å². The second-order valence-corrected chi connectivity index (χ2v) is 8.55. The molecule has 0 aliphatic heterocycles. The molecule has 0 rings (SSSR count). The third-order valence-electron chi connectivity index (χ3n) is 5.98. The van der Waals surface area contributed by atoms with E-state index in [1.807, 2.05) is 0 Å². The number of allylic oxidation sites excluding steroid dienone is 4. The van der Waals surface area contributed by atoms with Crippen LogP contribution in [0.5, 0.6) is 0 Å². The van der Waals surface area contributed by atoms with Gasteiger partial charge in [0.25, 0.3) is 0 Å². The minimum absolute atomic E-state index is 0.190. The zero-order valence-electron chi connectivity index (χ0n) is 19.9. The van der Waals surface area contributed by atoms with E-state index < -0.39 is 5.97 Å². The first-order chi connectivity index (χ1) is 14.1. The molecule has 0 bridgehead atoms. The molecule has 0 aromatic heterocycles. The first kappa shape index (κ1) is 27.9. The van der Waals surface area contributed by atoms with Gasteiger partial charge in [0.05, 0.1) is 6.54 Å². The Kier molecular flexibility index (Phi) is 19.4. The number of carboxylic acid groups (broad SMARTS) is 1. The Morgan fingerprint density at radius 1 is 0.793 bits per heavy atom. The molecule has 0 radical (unpaired) electrons. The van der Waals surface area contributed by atoms with Gasteiger partial charge >= 0.3 is 5.97 Å². The molecule has 3 nitrogen and oxygen atoms in total. The molecule has 0 fully saturated rings. The van der Waals surface area contributed by atoms with Gasteiger partial charge in [-0.3, -0.25) is 9.69 Å². The van der Waals surface area contributed by atoms with Gasteiger partial charge in [0, 0.05) is 13.1 Å². The molecular weight excluding hydrogens is 358 g/mol. The lowest BCUT2D eigenvalue weighted by atomic mass is 9.94. The summed E-state index contributed by atoms with van der Waals surface area (Å²) in [4.78, 5) is 13.6. The number of nitrogens with zero attached hydrogens (tertiary/aromatic N) is 1. The number of aliphatic carboxylic acids is 1. The maximum Gasteiger partial charge on any atom is 0.317 e. The Morgan fingerprint density at radius 3 is 1.59 bits per heavy atom. The fourth-order valence-corrected chi connectivity index (χ4v) is 4.05. The van der Waals surface area contributed by atoms with E-state index in [0.717, 1.165) is 25.9 Å². The molecule has 2 unspecified atom stereocenters. The van der Waals surface area contributed by atoms with Crippen LogP contribution in [0.15, 0.2) is 24.3 Å². The van der Waals surface area contributed by atoms with Gasteiger partial charge in [-0.1, -0.05) is 76.7 Å². The van der Waals surface area contributed by atoms with Crippen molar-refractivity contribution in [3.05, 3.63) is 24.3 Å². The minimum Gasteiger partial charge on any atom is -0.480 e. The first-order valence-corrected chi connectivity index (χ1v) is 12.2. The smallest absolute Gasteiger partial charge is 0.317 e. The molecule has 2 atom stereocenters. The van der Waals surface area contributed by atoms with Gasteiger partial charge in [-0.15, -0.1) is 0 Å². The zero-order valence-corrected chi connectivity index (χ0v) is 19.9. The van der Waals surface area contributed by atoms with Crippen molar-refractivity contribution < 1.29 is 9.90 Å². The maximum absolute atomic E-state index is 11.4. The molecule has 0 aliphatic carbocycles. The molecule has 0 spiro atoms. The Bertz CT molecular complexity index is 398. The predicted octanol–water partition coefficient (Wildman–Crippen LogP) is 7.48. The van der Waals surface area contributed by atoms with Crippen LogP contribution in [0.1, 0.15) is 105 Å². The molecule has 0 aliphatic rings. The lowest BCUT2D eigenvalue weighted by Crippen LogP contribution is -2.37. The predicted molar refractivity (Wildman–Crippen MR) is 127 cm³/mol. The van der Waals surface area contributed by atoms with Crippen LogP contribution < -0.4 is 0 Å². The van der Waals surface area contributed by atoms with Crippen LogP contribution in [-0.4, -0.2) is 35.6 Å². The average Bonchev–Trinajstić information content (AvgIpc) is 2.70. The van der Waals surface area contributed by atoms with Gasteiger partial charge in [-0.25, -0.2) is 0 Å². The van der Waals surface area contributed by atoms with Crippen molar-refractivity contribution in [2.24, 2.45) is 11.8 Å². The van der Waals surface area contributed by atoms with Crippen LogP contribution in [0.25, 0.3) is 0 Å². The van der Waals surface area contributed by atoms with E-state index in [4.69, 9.17) is 0 Å². The highest BCUT2D eigenvalue weighted by Crippen LogP contribution is 2.20. The lowest BCUT2D eigenvalue weighted by molar-refractivity contribution is -0.138. The summed E-state index contributed by atoms with van der Waals surface area (Å²) in [6.45, 7) is 10.7. The van der Waals surface area contributed by atoms with Gasteiger partial charge in [0.1, 0.15) is 0 Å². The van der Waals surface area contributed by atoms with Gasteiger partial charge in [-0.05, 0) is 64.2 Å². The number of rotatable bonds is 20. The third kappa shape index (κ3) is 17.5. The molecule has 3 heteroatoms. The topological polar surface area (TPSA) is 40.5 Å². The Balaban J connectivity index is 4.40. The number of carbonyl (C=O) groups is 1. The fraction of sp³-hybridized carbons (Fsp3) is 0.808. The van der Waals surface area contributed by atoms with Crippen molar-refractivity contribution in [2.45, 2.75) is 105 Å². The Morgan fingerprint density at radius 2 is 1.24 bits per heavy atom. The molecular formula is C26H49NO2. The first-order valence-electron chi connectivity index (χ1n) is 12.2. The average molecular weight is 408 g/mol. The second-order valence-electron chi connectivity index (χ2n) is 8.55. The van der Waals surface area contributed by atoms with E-state index in [1.54, 1.807) is 0 Å². The normalized spacial score (nSPS) is 14.2. The molecule has 0 aromatic rings. The van der Waals surface area contributed by atoms with Crippen LogP contribution >= 0.6 is 0 Å². The Hall–Kier alpha value is -1.09. The van der Waals surface area contributed by atoms with Crippen LogP contribution in [0, 0.1) is 11.8 Å². The van der Waals surface area contributed by atoms with Crippen molar-refractivity contribution in [2.75, 3.05) is 19.6 Å². The van der Waals surface area contributed by atoms with Crippen LogP contribution in [0.2, 0.25) is 0 Å². The van der Waals surface area contributed by atoms with Gasteiger partial charge in [0.2, 0.25) is 0 Å². The summed E-state index contributed by atoms with van der Waals surface area (Å²) < 4.78 is 0. The maximum atomic E-state index is 11.4. The van der Waals surface area contributed by atoms with Crippen molar-refractivity contribution in [1.29, 1.82) is 0 Å². The number of hydrogen-bond donors (Lipinski definition) is 1. The highest BCUT2D eigenvalue weighted by molar-refractivity contribution is 5.69. The molecule has 170 valence electrons. The standard InChI is InChI=1S/C26H49NO2/c1-5-9-11-13-15-17-19-24(7-3)21-27(23-26(28)29)22-25(8-4)20-18-16-14-12-10-6-2/h5-6,9-10,24-25H,7-8,11-23H2,1-4H3,(H,28,29)/b9-5+,10-6+. The molecule has 0 amide bonds. The van der Waals surface area contributed by atoms with Crippen molar-refractivity contribution in [1.82, 2.24) is 4.90 Å². The van der Waals surface area contributed by atoms with Crippen molar-refractivity contribution in [3.63, 3.8) is 0 Å². The summed E-state index contributed by atoms with van der Waals surface area (Å²) >= 11 is 0. The van der Waals surface area contributed by atoms with Crippen LogP contribution in [0.3, 0.4) is 0 Å². The van der Waals surface area contributed by atoms with Crippen LogP contribution in [0.4, 0.5) is 0 Å². The van der Waals surface area contributed by atoms with Crippen molar-refractivity contribution >= 4 is 5.97 Å². The summed E-state index contributed by atoms with van der Waals surface area (Å²) in [6.07, 6.45) is 23.5. The summed E-state index contributed by atoms with van der Waals surface area (Å²) in [5.41, 5.74) is 0. The molecule has 0 aromatic carbocycles. The fourth-order valence-electron chi connectivity index (χ4n) is 4.05. The van der Waals surface area contributed by atoms with E-state index in [9.17, 15) is 9.90 Å². The number of hydrogen-bond acceptors (Lipinski definition) is 2. The lowest BCUT2D eigenvalue weighted by Gasteiger charge is -2.29. The third-order valence-corrected chi connectivity index (χ3v) is 5.98. The summed E-state index contributed by atoms with van der Waals surface area (Å²) in [5, 5.41) is 9.39. The SMILES string of the molecule is C/C=C/CCCCCC(CC)CN(CC(=O)O)CC(CC)CCCCC/C=C/C. The van der Waals surface area contributed by atoms with Crippen molar-refractivity contribution in [3.8, 4) is 0 Å². The number of unbranched alkanes of at least 4 members (excludes halogenated alkanes) is 6. The Labute approximate surface area is 181 Å². The minimum atomic E-state index is -0.688. The summed E-state index contributed by atoms with van der Waals surface area (Å²) in [7, 11) is 0.